The molecule has 2 aromatic rings. The number of hydrogen-bond donors (Lipinski definition) is 0. The standard InChI is InChI=1S/C16H17ClS/c1-13-2-4-14(5-3-13)10-11-18-12-15-6-8-16(17)9-7-15/h2-9H,10-12H2,1H3. The summed E-state index contributed by atoms with van der Waals surface area (Å²) in [5, 5.41) is 0.809. The van der Waals surface area contributed by atoms with E-state index < -0.39 is 0 Å². The second kappa shape index (κ2) is 6.86. The molecule has 94 valence electrons. The molecule has 2 heteroatoms. The van der Waals surface area contributed by atoms with Crippen LogP contribution in [-0.2, 0) is 12.2 Å². The van der Waals surface area contributed by atoms with E-state index in [1.807, 2.05) is 23.9 Å². The van der Waals surface area contributed by atoms with Crippen LogP contribution in [0.1, 0.15) is 16.7 Å². The van der Waals surface area contributed by atoms with Crippen molar-refractivity contribution < 1.29 is 0 Å². The second-order valence-electron chi connectivity index (χ2n) is 4.41. The first-order valence-corrected chi connectivity index (χ1v) is 7.65. The Labute approximate surface area is 118 Å². The highest BCUT2D eigenvalue weighted by Gasteiger charge is 1.96. The SMILES string of the molecule is Cc1ccc(CCSCc2ccc(Cl)cc2)cc1. The summed E-state index contributed by atoms with van der Waals surface area (Å²) >= 11 is 7.83. The Morgan fingerprint density at radius 2 is 1.50 bits per heavy atom. The summed E-state index contributed by atoms with van der Waals surface area (Å²) < 4.78 is 0. The van der Waals surface area contributed by atoms with Gasteiger partial charge in [0.15, 0.2) is 0 Å². The lowest BCUT2D eigenvalue weighted by Gasteiger charge is -2.03. The molecule has 0 aromatic heterocycles. The lowest BCUT2D eigenvalue weighted by molar-refractivity contribution is 1.15. The Balaban J connectivity index is 1.73. The van der Waals surface area contributed by atoms with Crippen molar-refractivity contribution in [3.63, 3.8) is 0 Å². The van der Waals surface area contributed by atoms with Crippen LogP contribution in [0.15, 0.2) is 48.5 Å². The quantitative estimate of drug-likeness (QED) is 0.683. The third kappa shape index (κ3) is 4.40. The molecule has 0 radical (unpaired) electrons. The van der Waals surface area contributed by atoms with Crippen LogP contribution in [0.5, 0.6) is 0 Å². The summed E-state index contributed by atoms with van der Waals surface area (Å²) in [4.78, 5) is 0. The first-order chi connectivity index (χ1) is 8.74. The zero-order valence-corrected chi connectivity index (χ0v) is 12.1. The van der Waals surface area contributed by atoms with Gasteiger partial charge in [-0.2, -0.15) is 11.8 Å². The molecule has 0 saturated heterocycles. The molecule has 0 heterocycles. The van der Waals surface area contributed by atoms with E-state index in [1.54, 1.807) is 0 Å². The zero-order chi connectivity index (χ0) is 12.8. The van der Waals surface area contributed by atoms with Gasteiger partial charge in [-0.15, -0.1) is 0 Å². The fourth-order valence-corrected chi connectivity index (χ4v) is 2.79. The number of aryl methyl sites for hydroxylation is 2. The molecule has 2 aromatic carbocycles. The van der Waals surface area contributed by atoms with Gasteiger partial charge in [0.25, 0.3) is 0 Å². The first-order valence-electron chi connectivity index (χ1n) is 6.12. The van der Waals surface area contributed by atoms with Crippen molar-refractivity contribution in [2.75, 3.05) is 5.75 Å². The Morgan fingerprint density at radius 1 is 0.889 bits per heavy atom. The molecule has 0 unspecified atom stereocenters. The Hall–Kier alpha value is -0.920. The highest BCUT2D eigenvalue weighted by molar-refractivity contribution is 7.98. The van der Waals surface area contributed by atoms with Crippen LogP contribution < -0.4 is 0 Å². The highest BCUT2D eigenvalue weighted by Crippen LogP contribution is 2.16. The molecule has 0 aliphatic heterocycles. The molecule has 0 spiro atoms. The molecule has 0 bridgehead atoms. The molecule has 0 aliphatic carbocycles. The maximum absolute atomic E-state index is 5.86. The van der Waals surface area contributed by atoms with Gasteiger partial charge < -0.3 is 0 Å². The van der Waals surface area contributed by atoms with Crippen molar-refractivity contribution in [3.8, 4) is 0 Å². The molecule has 0 nitrogen and oxygen atoms in total. The summed E-state index contributed by atoms with van der Waals surface area (Å²) in [7, 11) is 0. The van der Waals surface area contributed by atoms with Crippen LogP contribution in [0.2, 0.25) is 5.02 Å². The number of benzene rings is 2. The van der Waals surface area contributed by atoms with Crippen LogP contribution in [0, 0.1) is 6.92 Å². The molecule has 0 atom stereocenters. The van der Waals surface area contributed by atoms with E-state index in [1.165, 1.54) is 16.7 Å². The smallest absolute Gasteiger partial charge is 0.0406 e. The molecule has 0 fully saturated rings. The third-order valence-electron chi connectivity index (χ3n) is 2.84. The van der Waals surface area contributed by atoms with Gasteiger partial charge in [-0.05, 0) is 42.4 Å². The van der Waals surface area contributed by atoms with E-state index in [0.717, 1.165) is 22.9 Å². The molecular weight excluding hydrogens is 260 g/mol. The van der Waals surface area contributed by atoms with E-state index in [2.05, 4.69) is 43.3 Å². The zero-order valence-electron chi connectivity index (χ0n) is 10.5. The maximum atomic E-state index is 5.86. The van der Waals surface area contributed by atoms with Gasteiger partial charge in [-0.3, -0.25) is 0 Å². The topological polar surface area (TPSA) is 0 Å². The Kier molecular flexibility index (Phi) is 5.15. The number of thioether (sulfide) groups is 1. The van der Waals surface area contributed by atoms with Gasteiger partial charge in [-0.25, -0.2) is 0 Å². The molecule has 0 aliphatic rings. The lowest BCUT2D eigenvalue weighted by Crippen LogP contribution is -1.89. The molecular formula is C16H17ClS. The summed E-state index contributed by atoms with van der Waals surface area (Å²) in [6.45, 7) is 2.12. The lowest BCUT2D eigenvalue weighted by atomic mass is 10.1. The molecule has 0 amide bonds. The van der Waals surface area contributed by atoms with Crippen molar-refractivity contribution >= 4 is 23.4 Å². The van der Waals surface area contributed by atoms with Gasteiger partial charge in [0.2, 0.25) is 0 Å². The predicted octanol–water partition coefficient (Wildman–Crippen LogP) is 5.12. The fraction of sp³-hybridized carbons (Fsp3) is 0.250. The van der Waals surface area contributed by atoms with Crippen LogP contribution in [0.25, 0.3) is 0 Å². The monoisotopic (exact) mass is 276 g/mol. The van der Waals surface area contributed by atoms with Gasteiger partial charge in [0.05, 0.1) is 0 Å². The normalized spacial score (nSPS) is 10.6. The van der Waals surface area contributed by atoms with Crippen LogP contribution in [-0.4, -0.2) is 5.75 Å². The predicted molar refractivity (Wildman–Crippen MR) is 82.5 cm³/mol. The number of hydrogen-bond acceptors (Lipinski definition) is 1. The number of rotatable bonds is 5. The van der Waals surface area contributed by atoms with Crippen molar-refractivity contribution in [2.45, 2.75) is 19.1 Å². The first kappa shape index (κ1) is 13.5. The van der Waals surface area contributed by atoms with Crippen molar-refractivity contribution in [1.29, 1.82) is 0 Å². The Morgan fingerprint density at radius 3 is 2.17 bits per heavy atom. The highest BCUT2D eigenvalue weighted by atomic mass is 35.5. The summed E-state index contributed by atoms with van der Waals surface area (Å²) in [5.74, 6) is 2.22. The minimum absolute atomic E-state index is 0.809. The van der Waals surface area contributed by atoms with Gasteiger partial charge in [0.1, 0.15) is 0 Å². The molecule has 18 heavy (non-hydrogen) atoms. The van der Waals surface area contributed by atoms with Gasteiger partial charge in [0, 0.05) is 10.8 Å². The van der Waals surface area contributed by atoms with E-state index in [4.69, 9.17) is 11.6 Å². The number of halogens is 1. The van der Waals surface area contributed by atoms with Crippen molar-refractivity contribution in [3.05, 3.63) is 70.2 Å². The summed E-state index contributed by atoms with van der Waals surface area (Å²) in [6, 6.07) is 16.9. The van der Waals surface area contributed by atoms with Crippen molar-refractivity contribution in [1.82, 2.24) is 0 Å². The van der Waals surface area contributed by atoms with Gasteiger partial charge in [-0.1, -0.05) is 53.6 Å². The van der Waals surface area contributed by atoms with E-state index in [0.29, 0.717) is 0 Å². The maximum Gasteiger partial charge on any atom is 0.0406 e. The van der Waals surface area contributed by atoms with Crippen molar-refractivity contribution in [2.24, 2.45) is 0 Å². The minimum atomic E-state index is 0.809. The summed E-state index contributed by atoms with van der Waals surface area (Å²) in [6.07, 6.45) is 1.14. The fourth-order valence-electron chi connectivity index (χ4n) is 1.72. The summed E-state index contributed by atoms with van der Waals surface area (Å²) in [5.41, 5.74) is 4.09. The largest absolute Gasteiger partial charge is 0.157 e. The average molecular weight is 277 g/mol. The van der Waals surface area contributed by atoms with Crippen LogP contribution >= 0.6 is 23.4 Å². The second-order valence-corrected chi connectivity index (χ2v) is 5.96. The van der Waals surface area contributed by atoms with E-state index in [9.17, 15) is 0 Å². The van der Waals surface area contributed by atoms with Crippen LogP contribution in [0.4, 0.5) is 0 Å². The third-order valence-corrected chi connectivity index (χ3v) is 4.12. The average Bonchev–Trinajstić information content (AvgIpc) is 2.39. The minimum Gasteiger partial charge on any atom is -0.157 e. The molecule has 0 N–H and O–H groups in total. The van der Waals surface area contributed by atoms with E-state index in [-0.39, 0.29) is 0 Å². The Bertz CT molecular complexity index is 426. The van der Waals surface area contributed by atoms with Gasteiger partial charge >= 0.3 is 0 Å². The molecule has 2 rings (SSSR count). The molecule has 0 saturated carbocycles. The van der Waals surface area contributed by atoms with Crippen LogP contribution in [0.3, 0.4) is 0 Å². The van der Waals surface area contributed by atoms with E-state index >= 15 is 0 Å².